The van der Waals surface area contributed by atoms with Gasteiger partial charge in [-0.3, -0.25) is 9.10 Å². The Morgan fingerprint density at radius 2 is 1.72 bits per heavy atom. The summed E-state index contributed by atoms with van der Waals surface area (Å²) in [4.78, 5) is 23.6. The van der Waals surface area contributed by atoms with Crippen LogP contribution in [0.3, 0.4) is 0 Å². The summed E-state index contributed by atoms with van der Waals surface area (Å²) in [5, 5.41) is 2.74. The van der Waals surface area contributed by atoms with E-state index in [1.54, 1.807) is 30.3 Å². The predicted octanol–water partition coefficient (Wildman–Crippen LogP) is 3.27. The molecule has 0 unspecified atom stereocenters. The van der Waals surface area contributed by atoms with E-state index in [1.807, 2.05) is 26.0 Å². The lowest BCUT2D eigenvalue weighted by atomic mass is 10.1. The first-order valence-electron chi connectivity index (χ1n) is 9.15. The lowest BCUT2D eigenvalue weighted by Crippen LogP contribution is -2.32. The van der Waals surface area contributed by atoms with Crippen molar-refractivity contribution in [3.8, 4) is 0 Å². The van der Waals surface area contributed by atoms with Crippen molar-refractivity contribution in [1.29, 1.82) is 0 Å². The number of aryl methyl sites for hydroxylation is 1. The molecule has 0 aromatic heterocycles. The highest BCUT2D eigenvalue weighted by Gasteiger charge is 2.20. The third-order valence-corrected chi connectivity index (χ3v) is 5.78. The van der Waals surface area contributed by atoms with Crippen LogP contribution in [0.15, 0.2) is 42.5 Å². The molecule has 156 valence electrons. The largest absolute Gasteiger partial charge is 0.465 e. The Morgan fingerprint density at radius 1 is 1.07 bits per heavy atom. The smallest absolute Gasteiger partial charge is 0.337 e. The molecule has 2 rings (SSSR count). The van der Waals surface area contributed by atoms with Gasteiger partial charge in [0.2, 0.25) is 15.9 Å². The molecule has 0 heterocycles. The Hall–Kier alpha value is -2.87. The minimum Gasteiger partial charge on any atom is -0.465 e. The number of nitrogens with zero attached hydrogens (tertiary/aromatic N) is 1. The second kappa shape index (κ2) is 9.56. The SMILES string of the molecule is COC(=O)c1ccc(NC(=O)CCCN(c2cccc(C)c2C)S(C)(=O)=O)cc1. The maximum absolute atomic E-state index is 12.3. The first-order valence-corrected chi connectivity index (χ1v) is 11.0. The molecular formula is C21H26N2O5S. The van der Waals surface area contributed by atoms with E-state index >= 15 is 0 Å². The second-order valence-electron chi connectivity index (χ2n) is 6.77. The van der Waals surface area contributed by atoms with Gasteiger partial charge in [0.1, 0.15) is 0 Å². The standard InChI is InChI=1S/C21H26N2O5S/c1-15-7-5-8-19(16(15)2)23(29(4,26)27)14-6-9-20(24)22-18-12-10-17(11-13-18)21(25)28-3/h5,7-8,10-13H,6,9,14H2,1-4H3,(H,22,24). The van der Waals surface area contributed by atoms with Crippen molar-refractivity contribution in [2.75, 3.05) is 29.5 Å². The van der Waals surface area contributed by atoms with Gasteiger partial charge in [-0.05, 0) is 61.7 Å². The molecule has 2 aromatic carbocycles. The molecular weight excluding hydrogens is 392 g/mol. The summed E-state index contributed by atoms with van der Waals surface area (Å²) >= 11 is 0. The molecule has 0 aliphatic heterocycles. The molecule has 1 amide bonds. The summed E-state index contributed by atoms with van der Waals surface area (Å²) in [5.41, 5.74) is 3.48. The quantitative estimate of drug-likeness (QED) is 0.664. The normalized spacial score (nSPS) is 11.0. The number of carbonyl (C=O) groups excluding carboxylic acids is 2. The minimum absolute atomic E-state index is 0.162. The number of esters is 1. The number of hydrogen-bond donors (Lipinski definition) is 1. The summed E-state index contributed by atoms with van der Waals surface area (Å²) in [6.07, 6.45) is 1.69. The number of ether oxygens (including phenoxy) is 1. The molecule has 0 spiro atoms. The zero-order valence-electron chi connectivity index (χ0n) is 17.1. The molecule has 0 fully saturated rings. The average molecular weight is 419 g/mol. The number of benzene rings is 2. The zero-order valence-corrected chi connectivity index (χ0v) is 17.9. The topological polar surface area (TPSA) is 92.8 Å². The zero-order chi connectivity index (χ0) is 21.6. The Morgan fingerprint density at radius 3 is 2.31 bits per heavy atom. The van der Waals surface area contributed by atoms with Crippen LogP contribution >= 0.6 is 0 Å². The van der Waals surface area contributed by atoms with Crippen molar-refractivity contribution in [2.24, 2.45) is 0 Å². The summed E-state index contributed by atoms with van der Waals surface area (Å²) in [6, 6.07) is 11.9. The van der Waals surface area contributed by atoms with Gasteiger partial charge in [0.05, 0.1) is 24.6 Å². The Labute approximate surface area is 171 Å². The summed E-state index contributed by atoms with van der Waals surface area (Å²) < 4.78 is 30.5. The molecule has 0 radical (unpaired) electrons. The van der Waals surface area contributed by atoms with Crippen LogP contribution in [0.4, 0.5) is 11.4 Å². The number of amides is 1. The summed E-state index contributed by atoms with van der Waals surface area (Å²) in [7, 11) is -2.17. The van der Waals surface area contributed by atoms with Crippen molar-refractivity contribution in [3.05, 3.63) is 59.2 Å². The third-order valence-electron chi connectivity index (χ3n) is 4.60. The molecule has 7 nitrogen and oxygen atoms in total. The van der Waals surface area contributed by atoms with Gasteiger partial charge < -0.3 is 10.1 Å². The average Bonchev–Trinajstić information content (AvgIpc) is 2.67. The second-order valence-corrected chi connectivity index (χ2v) is 8.68. The Balaban J connectivity index is 1.98. The van der Waals surface area contributed by atoms with Gasteiger partial charge in [-0.25, -0.2) is 13.2 Å². The molecule has 0 aliphatic rings. The van der Waals surface area contributed by atoms with Crippen LogP contribution in [-0.4, -0.2) is 40.2 Å². The first kappa shape index (κ1) is 22.4. The summed E-state index contributed by atoms with van der Waals surface area (Å²) in [6.45, 7) is 4.02. The van der Waals surface area contributed by atoms with Crippen molar-refractivity contribution < 1.29 is 22.7 Å². The van der Waals surface area contributed by atoms with Gasteiger partial charge in [0, 0.05) is 18.7 Å². The van der Waals surface area contributed by atoms with Crippen molar-refractivity contribution in [2.45, 2.75) is 26.7 Å². The minimum atomic E-state index is -3.47. The van der Waals surface area contributed by atoms with E-state index in [4.69, 9.17) is 0 Å². The van der Waals surface area contributed by atoms with E-state index in [-0.39, 0.29) is 18.9 Å². The van der Waals surface area contributed by atoms with E-state index in [9.17, 15) is 18.0 Å². The molecule has 0 aliphatic carbocycles. The molecule has 2 aromatic rings. The van der Waals surface area contributed by atoms with Gasteiger partial charge in [-0.15, -0.1) is 0 Å². The van der Waals surface area contributed by atoms with Crippen molar-refractivity contribution in [3.63, 3.8) is 0 Å². The molecule has 0 saturated carbocycles. The summed E-state index contributed by atoms with van der Waals surface area (Å²) in [5.74, 6) is -0.680. The van der Waals surface area contributed by atoms with Gasteiger partial charge in [0.25, 0.3) is 0 Å². The number of nitrogens with one attached hydrogen (secondary N) is 1. The van der Waals surface area contributed by atoms with E-state index in [0.717, 1.165) is 17.4 Å². The monoisotopic (exact) mass is 418 g/mol. The molecule has 8 heteroatoms. The lowest BCUT2D eigenvalue weighted by molar-refractivity contribution is -0.116. The lowest BCUT2D eigenvalue weighted by Gasteiger charge is -2.24. The van der Waals surface area contributed by atoms with Crippen LogP contribution < -0.4 is 9.62 Å². The van der Waals surface area contributed by atoms with E-state index in [1.165, 1.54) is 11.4 Å². The highest BCUT2D eigenvalue weighted by Crippen LogP contribution is 2.25. The highest BCUT2D eigenvalue weighted by molar-refractivity contribution is 7.92. The molecule has 0 saturated heterocycles. The van der Waals surface area contributed by atoms with E-state index < -0.39 is 16.0 Å². The molecule has 0 atom stereocenters. The van der Waals surface area contributed by atoms with Crippen LogP contribution in [-0.2, 0) is 19.6 Å². The van der Waals surface area contributed by atoms with Crippen molar-refractivity contribution in [1.82, 2.24) is 0 Å². The van der Waals surface area contributed by atoms with Gasteiger partial charge >= 0.3 is 5.97 Å². The Kier molecular flexibility index (Phi) is 7.39. The fourth-order valence-corrected chi connectivity index (χ4v) is 3.90. The first-order chi connectivity index (χ1) is 13.6. The highest BCUT2D eigenvalue weighted by atomic mass is 32.2. The molecule has 1 N–H and O–H groups in total. The van der Waals surface area contributed by atoms with E-state index in [2.05, 4.69) is 10.1 Å². The van der Waals surface area contributed by atoms with Crippen LogP contribution in [0.2, 0.25) is 0 Å². The Bertz CT molecular complexity index is 985. The van der Waals surface area contributed by atoms with Crippen LogP contribution in [0.5, 0.6) is 0 Å². The number of hydrogen-bond acceptors (Lipinski definition) is 5. The number of sulfonamides is 1. The van der Waals surface area contributed by atoms with Crippen LogP contribution in [0, 0.1) is 13.8 Å². The van der Waals surface area contributed by atoms with Crippen LogP contribution in [0.1, 0.15) is 34.3 Å². The van der Waals surface area contributed by atoms with E-state index in [0.29, 0.717) is 23.4 Å². The molecule has 0 bridgehead atoms. The number of carbonyl (C=O) groups is 2. The number of anilines is 2. The predicted molar refractivity (Wildman–Crippen MR) is 114 cm³/mol. The van der Waals surface area contributed by atoms with Crippen molar-refractivity contribution >= 4 is 33.3 Å². The number of methoxy groups -OCH3 is 1. The van der Waals surface area contributed by atoms with Gasteiger partial charge in [-0.2, -0.15) is 0 Å². The fraction of sp³-hybridized carbons (Fsp3) is 0.333. The number of rotatable bonds is 8. The fourth-order valence-electron chi connectivity index (χ4n) is 2.88. The van der Waals surface area contributed by atoms with Gasteiger partial charge in [0.15, 0.2) is 0 Å². The molecule has 29 heavy (non-hydrogen) atoms. The third kappa shape index (κ3) is 6.05. The van der Waals surface area contributed by atoms with Gasteiger partial charge in [-0.1, -0.05) is 12.1 Å². The maximum atomic E-state index is 12.3. The maximum Gasteiger partial charge on any atom is 0.337 e. The van der Waals surface area contributed by atoms with Crippen LogP contribution in [0.25, 0.3) is 0 Å².